The third-order valence-electron chi connectivity index (χ3n) is 2.55. The minimum Gasteiger partial charge on any atom is -0.346 e. The number of aromatic nitrogens is 2. The largest absolute Gasteiger partial charge is 0.346 e. The fourth-order valence-electron chi connectivity index (χ4n) is 1.59. The van der Waals surface area contributed by atoms with E-state index in [0.29, 0.717) is 6.54 Å². The Labute approximate surface area is 114 Å². The molecule has 0 unspecified atom stereocenters. The summed E-state index contributed by atoms with van der Waals surface area (Å²) in [6, 6.07) is 6.63. The molecule has 0 atom stereocenters. The van der Waals surface area contributed by atoms with E-state index in [0.717, 1.165) is 4.88 Å². The van der Waals surface area contributed by atoms with Crippen LogP contribution in [0.1, 0.15) is 35.3 Å². The van der Waals surface area contributed by atoms with Crippen LogP contribution in [0.4, 0.5) is 0 Å². The van der Waals surface area contributed by atoms with Gasteiger partial charge in [-0.05, 0) is 31.4 Å². The Bertz CT molecular complexity index is 617. The lowest BCUT2D eigenvalue weighted by molar-refractivity contribution is 0.0943. The predicted octanol–water partition coefficient (Wildman–Crippen LogP) is 1.82. The minimum absolute atomic E-state index is 0.0717. The first-order valence-electron chi connectivity index (χ1n) is 5.98. The zero-order chi connectivity index (χ0) is 13.8. The molecule has 6 heteroatoms. The van der Waals surface area contributed by atoms with Gasteiger partial charge in [-0.1, -0.05) is 6.07 Å². The fourth-order valence-corrected chi connectivity index (χ4v) is 2.23. The van der Waals surface area contributed by atoms with Crippen LogP contribution < -0.4 is 10.9 Å². The van der Waals surface area contributed by atoms with Crippen LogP contribution in [0.25, 0.3) is 0 Å². The summed E-state index contributed by atoms with van der Waals surface area (Å²) in [5.74, 6) is -0.275. The third-order valence-corrected chi connectivity index (χ3v) is 3.43. The Morgan fingerprint density at radius 1 is 1.42 bits per heavy atom. The molecular weight excluding hydrogens is 262 g/mol. The van der Waals surface area contributed by atoms with Gasteiger partial charge in [0.05, 0.1) is 12.6 Å². The number of carbonyl (C=O) groups excluding carboxylic acids is 1. The average Bonchev–Trinajstić information content (AvgIpc) is 2.89. The van der Waals surface area contributed by atoms with Gasteiger partial charge in [0.25, 0.3) is 11.5 Å². The molecule has 2 aromatic heterocycles. The monoisotopic (exact) mass is 277 g/mol. The Morgan fingerprint density at radius 2 is 2.21 bits per heavy atom. The highest BCUT2D eigenvalue weighted by Crippen LogP contribution is 2.07. The summed E-state index contributed by atoms with van der Waals surface area (Å²) in [6.45, 7) is 4.17. The summed E-state index contributed by atoms with van der Waals surface area (Å²) in [6.07, 6.45) is 0. The van der Waals surface area contributed by atoms with Gasteiger partial charge in [0.1, 0.15) is 5.69 Å². The molecule has 1 amide bonds. The molecule has 5 nitrogen and oxygen atoms in total. The van der Waals surface area contributed by atoms with E-state index in [1.807, 2.05) is 31.4 Å². The Balaban J connectivity index is 2.11. The summed E-state index contributed by atoms with van der Waals surface area (Å²) >= 11 is 1.58. The first-order valence-corrected chi connectivity index (χ1v) is 6.86. The summed E-state index contributed by atoms with van der Waals surface area (Å²) in [5, 5.41) is 8.80. The van der Waals surface area contributed by atoms with Crippen LogP contribution >= 0.6 is 11.3 Å². The van der Waals surface area contributed by atoms with Crippen molar-refractivity contribution in [2.24, 2.45) is 0 Å². The van der Waals surface area contributed by atoms with Crippen molar-refractivity contribution < 1.29 is 4.79 Å². The van der Waals surface area contributed by atoms with Crippen molar-refractivity contribution in [1.82, 2.24) is 15.1 Å². The topological polar surface area (TPSA) is 64.0 Å². The van der Waals surface area contributed by atoms with Crippen molar-refractivity contribution in [2.45, 2.75) is 26.4 Å². The number of carbonyl (C=O) groups is 1. The van der Waals surface area contributed by atoms with E-state index in [1.165, 1.54) is 16.8 Å². The van der Waals surface area contributed by atoms with Crippen LogP contribution in [-0.2, 0) is 6.54 Å². The molecular formula is C13H15N3O2S. The van der Waals surface area contributed by atoms with Gasteiger partial charge in [0, 0.05) is 10.9 Å². The fraction of sp³-hybridized carbons (Fsp3) is 0.308. The molecule has 2 rings (SSSR count). The second-order valence-electron chi connectivity index (χ2n) is 4.36. The maximum atomic E-state index is 11.9. The van der Waals surface area contributed by atoms with Crippen molar-refractivity contribution in [3.63, 3.8) is 0 Å². The first-order chi connectivity index (χ1) is 9.08. The van der Waals surface area contributed by atoms with E-state index >= 15 is 0 Å². The van der Waals surface area contributed by atoms with Crippen LogP contribution in [0.2, 0.25) is 0 Å². The molecule has 0 spiro atoms. The van der Waals surface area contributed by atoms with Gasteiger partial charge in [-0.3, -0.25) is 9.59 Å². The summed E-state index contributed by atoms with van der Waals surface area (Å²) in [5.41, 5.74) is 0.0506. The molecule has 0 bridgehead atoms. The van der Waals surface area contributed by atoms with Crippen molar-refractivity contribution in [1.29, 1.82) is 0 Å². The van der Waals surface area contributed by atoms with Crippen molar-refractivity contribution >= 4 is 17.2 Å². The molecule has 2 heterocycles. The van der Waals surface area contributed by atoms with Gasteiger partial charge in [-0.15, -0.1) is 11.3 Å². The van der Waals surface area contributed by atoms with Gasteiger partial charge >= 0.3 is 0 Å². The van der Waals surface area contributed by atoms with Crippen molar-refractivity contribution in [3.05, 3.63) is 50.6 Å². The average molecular weight is 277 g/mol. The van der Waals surface area contributed by atoms with Crippen LogP contribution in [0.3, 0.4) is 0 Å². The Kier molecular flexibility index (Phi) is 4.11. The number of thiophene rings is 1. The highest BCUT2D eigenvalue weighted by molar-refractivity contribution is 7.09. The van der Waals surface area contributed by atoms with E-state index in [9.17, 15) is 9.59 Å². The first kappa shape index (κ1) is 13.5. The molecule has 0 aliphatic rings. The molecule has 2 aromatic rings. The standard InChI is InChI=1S/C13H15N3O2S/c1-9(2)16-12(17)6-5-11(15-16)13(18)14-8-10-4-3-7-19-10/h3-7,9H,8H2,1-2H3,(H,14,18). The van der Waals surface area contributed by atoms with Crippen LogP contribution in [-0.4, -0.2) is 15.7 Å². The lowest BCUT2D eigenvalue weighted by Crippen LogP contribution is -2.30. The number of rotatable bonds is 4. The molecule has 0 saturated heterocycles. The summed E-state index contributed by atoms with van der Waals surface area (Å²) < 4.78 is 1.31. The van der Waals surface area contributed by atoms with Gasteiger partial charge in [0.2, 0.25) is 0 Å². The van der Waals surface area contributed by atoms with E-state index in [1.54, 1.807) is 11.3 Å². The minimum atomic E-state index is -0.275. The quantitative estimate of drug-likeness (QED) is 0.927. The van der Waals surface area contributed by atoms with E-state index in [-0.39, 0.29) is 23.2 Å². The van der Waals surface area contributed by atoms with E-state index in [4.69, 9.17) is 0 Å². The van der Waals surface area contributed by atoms with Gasteiger partial charge in [0.15, 0.2) is 0 Å². The normalized spacial score (nSPS) is 10.7. The molecule has 0 aliphatic carbocycles. The highest BCUT2D eigenvalue weighted by atomic mass is 32.1. The molecule has 0 radical (unpaired) electrons. The molecule has 0 aromatic carbocycles. The summed E-state index contributed by atoms with van der Waals surface area (Å²) in [7, 11) is 0. The third kappa shape index (κ3) is 3.29. The molecule has 100 valence electrons. The molecule has 1 N–H and O–H groups in total. The smallest absolute Gasteiger partial charge is 0.272 e. The maximum absolute atomic E-state index is 11.9. The van der Waals surface area contributed by atoms with Gasteiger partial charge in [-0.25, -0.2) is 4.68 Å². The molecule has 0 saturated carbocycles. The van der Waals surface area contributed by atoms with Gasteiger partial charge in [-0.2, -0.15) is 5.10 Å². The number of hydrogen-bond acceptors (Lipinski definition) is 4. The van der Waals surface area contributed by atoms with Crippen LogP contribution in [0.15, 0.2) is 34.4 Å². The second-order valence-corrected chi connectivity index (χ2v) is 5.39. The van der Waals surface area contributed by atoms with E-state index < -0.39 is 0 Å². The zero-order valence-electron chi connectivity index (χ0n) is 10.8. The van der Waals surface area contributed by atoms with Crippen molar-refractivity contribution in [2.75, 3.05) is 0 Å². The maximum Gasteiger partial charge on any atom is 0.272 e. The van der Waals surface area contributed by atoms with Crippen molar-refractivity contribution in [3.8, 4) is 0 Å². The van der Waals surface area contributed by atoms with Crippen LogP contribution in [0, 0.1) is 0 Å². The number of nitrogens with zero attached hydrogens (tertiary/aromatic N) is 2. The molecule has 19 heavy (non-hydrogen) atoms. The van der Waals surface area contributed by atoms with Crippen LogP contribution in [0.5, 0.6) is 0 Å². The van der Waals surface area contributed by atoms with E-state index in [2.05, 4.69) is 10.4 Å². The zero-order valence-corrected chi connectivity index (χ0v) is 11.6. The lowest BCUT2D eigenvalue weighted by Gasteiger charge is -2.09. The predicted molar refractivity (Wildman–Crippen MR) is 74.4 cm³/mol. The Morgan fingerprint density at radius 3 is 2.84 bits per heavy atom. The lowest BCUT2D eigenvalue weighted by atomic mass is 10.3. The number of amides is 1. The SMILES string of the molecule is CC(C)n1nc(C(=O)NCc2cccs2)ccc1=O. The molecule has 0 fully saturated rings. The van der Waals surface area contributed by atoms with Gasteiger partial charge < -0.3 is 5.32 Å². The number of hydrogen-bond donors (Lipinski definition) is 1. The second kappa shape index (κ2) is 5.79. The highest BCUT2D eigenvalue weighted by Gasteiger charge is 2.10. The molecule has 0 aliphatic heterocycles. The Hall–Kier alpha value is -1.95. The number of nitrogens with one attached hydrogen (secondary N) is 1. The summed E-state index contributed by atoms with van der Waals surface area (Å²) in [4.78, 5) is 24.6.